The fourth-order valence-electron chi connectivity index (χ4n) is 2.35. The molecule has 3 nitrogen and oxygen atoms in total. The van der Waals surface area contributed by atoms with Gasteiger partial charge < -0.3 is 11.1 Å². The molecule has 1 saturated carbocycles. The van der Waals surface area contributed by atoms with Crippen molar-refractivity contribution in [3.05, 3.63) is 35.9 Å². The molecule has 18 heavy (non-hydrogen) atoms. The van der Waals surface area contributed by atoms with Gasteiger partial charge in [0.05, 0.1) is 0 Å². The summed E-state index contributed by atoms with van der Waals surface area (Å²) in [6, 6.07) is 10.3. The van der Waals surface area contributed by atoms with Crippen LogP contribution in [0, 0.1) is 0 Å². The summed E-state index contributed by atoms with van der Waals surface area (Å²) in [6.45, 7) is 0.740. The van der Waals surface area contributed by atoms with Gasteiger partial charge in [-0.3, -0.25) is 4.79 Å². The van der Waals surface area contributed by atoms with Gasteiger partial charge >= 0.3 is 0 Å². The number of hydrogen-bond donors (Lipinski definition) is 2. The molecule has 0 spiro atoms. The molecule has 0 heterocycles. The molecule has 0 unspecified atom stereocenters. The summed E-state index contributed by atoms with van der Waals surface area (Å²) in [4.78, 5) is 11.7. The second-order valence-corrected chi connectivity index (χ2v) is 5.33. The number of nitrogens with one attached hydrogen (secondary N) is 1. The molecule has 2 rings (SSSR count). The topological polar surface area (TPSA) is 55.1 Å². The molecule has 1 amide bonds. The molecule has 0 radical (unpaired) electrons. The van der Waals surface area contributed by atoms with Gasteiger partial charge in [-0.1, -0.05) is 30.3 Å². The second kappa shape index (κ2) is 6.01. The number of aryl methyl sites for hydroxylation is 1. The standard InChI is InChI=1S/C15H22N2O/c16-15(9-5-10-15)12-14(18)17-11-4-8-13-6-2-1-3-7-13/h1-3,6-7H,4-5,8-12,16H2,(H,17,18). The minimum absolute atomic E-state index is 0.102. The van der Waals surface area contributed by atoms with Crippen LogP contribution in [0.2, 0.25) is 0 Å². The lowest BCUT2D eigenvalue weighted by Crippen LogP contribution is -2.50. The van der Waals surface area contributed by atoms with Crippen LogP contribution in [-0.4, -0.2) is 18.0 Å². The van der Waals surface area contributed by atoms with Crippen LogP contribution in [-0.2, 0) is 11.2 Å². The number of benzene rings is 1. The van der Waals surface area contributed by atoms with Crippen LogP contribution in [0.5, 0.6) is 0 Å². The molecule has 1 aliphatic carbocycles. The lowest BCUT2D eigenvalue weighted by atomic mass is 9.75. The first kappa shape index (κ1) is 13.1. The van der Waals surface area contributed by atoms with Crippen molar-refractivity contribution in [1.29, 1.82) is 0 Å². The van der Waals surface area contributed by atoms with Gasteiger partial charge in [0, 0.05) is 18.5 Å². The van der Waals surface area contributed by atoms with Gasteiger partial charge in [-0.2, -0.15) is 0 Å². The third-order valence-electron chi connectivity index (χ3n) is 3.67. The van der Waals surface area contributed by atoms with E-state index in [1.807, 2.05) is 18.2 Å². The molecule has 1 fully saturated rings. The Bertz CT molecular complexity index is 385. The SMILES string of the molecule is NC1(CC(=O)NCCCc2ccccc2)CCC1. The first-order valence-corrected chi connectivity index (χ1v) is 6.77. The highest BCUT2D eigenvalue weighted by Gasteiger charge is 2.34. The van der Waals surface area contributed by atoms with Gasteiger partial charge in [0.25, 0.3) is 0 Å². The number of carbonyl (C=O) groups excluding carboxylic acids is 1. The van der Waals surface area contributed by atoms with Crippen molar-refractivity contribution >= 4 is 5.91 Å². The van der Waals surface area contributed by atoms with Gasteiger partial charge in [-0.15, -0.1) is 0 Å². The van der Waals surface area contributed by atoms with E-state index in [1.54, 1.807) is 0 Å². The van der Waals surface area contributed by atoms with Crippen molar-refractivity contribution in [2.24, 2.45) is 5.73 Å². The van der Waals surface area contributed by atoms with Crippen LogP contribution in [0.15, 0.2) is 30.3 Å². The summed E-state index contributed by atoms with van der Waals surface area (Å²) in [5.41, 5.74) is 7.15. The molecule has 0 aromatic heterocycles. The molecule has 3 heteroatoms. The molecule has 0 bridgehead atoms. The van der Waals surface area contributed by atoms with E-state index in [1.165, 1.54) is 5.56 Å². The van der Waals surface area contributed by atoms with Crippen molar-refractivity contribution in [3.63, 3.8) is 0 Å². The summed E-state index contributed by atoms with van der Waals surface area (Å²) < 4.78 is 0. The van der Waals surface area contributed by atoms with Gasteiger partial charge in [0.1, 0.15) is 0 Å². The highest BCUT2D eigenvalue weighted by Crippen LogP contribution is 2.31. The predicted molar refractivity (Wildman–Crippen MR) is 73.2 cm³/mol. The van der Waals surface area contributed by atoms with E-state index in [2.05, 4.69) is 17.4 Å². The molecule has 0 aliphatic heterocycles. The zero-order valence-electron chi connectivity index (χ0n) is 10.8. The van der Waals surface area contributed by atoms with Gasteiger partial charge in [-0.25, -0.2) is 0 Å². The van der Waals surface area contributed by atoms with E-state index in [4.69, 9.17) is 5.73 Å². The third kappa shape index (κ3) is 3.84. The normalized spacial score (nSPS) is 16.9. The van der Waals surface area contributed by atoms with E-state index >= 15 is 0 Å². The molecule has 1 aromatic carbocycles. The highest BCUT2D eigenvalue weighted by molar-refractivity contribution is 5.77. The summed E-state index contributed by atoms with van der Waals surface area (Å²) >= 11 is 0. The lowest BCUT2D eigenvalue weighted by Gasteiger charge is -2.37. The van der Waals surface area contributed by atoms with Crippen LogP contribution in [0.1, 0.15) is 37.7 Å². The van der Waals surface area contributed by atoms with E-state index in [9.17, 15) is 4.79 Å². The fraction of sp³-hybridized carbons (Fsp3) is 0.533. The number of carbonyl (C=O) groups is 1. The number of nitrogens with two attached hydrogens (primary N) is 1. The van der Waals surface area contributed by atoms with E-state index in [-0.39, 0.29) is 11.4 Å². The molecule has 1 aromatic rings. The smallest absolute Gasteiger partial charge is 0.221 e. The predicted octanol–water partition coefficient (Wildman–Crippen LogP) is 2.01. The van der Waals surface area contributed by atoms with Crippen LogP contribution < -0.4 is 11.1 Å². The molecule has 1 aliphatic rings. The summed E-state index contributed by atoms with van der Waals surface area (Å²) in [6.07, 6.45) is 5.62. The Hall–Kier alpha value is -1.35. The first-order chi connectivity index (χ1) is 8.68. The molecular weight excluding hydrogens is 224 g/mol. The largest absolute Gasteiger partial charge is 0.356 e. The van der Waals surface area contributed by atoms with Gasteiger partial charge in [0.15, 0.2) is 0 Å². The quantitative estimate of drug-likeness (QED) is 0.754. The lowest BCUT2D eigenvalue weighted by molar-refractivity contribution is -0.123. The van der Waals surface area contributed by atoms with Crippen LogP contribution in [0.25, 0.3) is 0 Å². The Labute approximate surface area is 109 Å². The number of amides is 1. The van der Waals surface area contributed by atoms with E-state index in [0.717, 1.165) is 38.6 Å². The van der Waals surface area contributed by atoms with E-state index < -0.39 is 0 Å². The number of rotatable bonds is 6. The molecule has 3 N–H and O–H groups in total. The maximum Gasteiger partial charge on any atom is 0.221 e. The average molecular weight is 246 g/mol. The minimum Gasteiger partial charge on any atom is -0.356 e. The number of hydrogen-bond acceptors (Lipinski definition) is 2. The van der Waals surface area contributed by atoms with Gasteiger partial charge in [0.2, 0.25) is 5.91 Å². The van der Waals surface area contributed by atoms with Crippen molar-refractivity contribution in [3.8, 4) is 0 Å². The second-order valence-electron chi connectivity index (χ2n) is 5.33. The first-order valence-electron chi connectivity index (χ1n) is 6.77. The molecule has 98 valence electrons. The van der Waals surface area contributed by atoms with Crippen molar-refractivity contribution in [2.75, 3.05) is 6.54 Å². The summed E-state index contributed by atoms with van der Waals surface area (Å²) in [5, 5.41) is 2.96. The molecule has 0 saturated heterocycles. The van der Waals surface area contributed by atoms with Crippen molar-refractivity contribution in [2.45, 2.75) is 44.1 Å². The Balaban J connectivity index is 1.59. The van der Waals surface area contributed by atoms with Crippen molar-refractivity contribution in [1.82, 2.24) is 5.32 Å². The zero-order chi connectivity index (χ0) is 12.8. The summed E-state index contributed by atoms with van der Waals surface area (Å²) in [5.74, 6) is 0.102. The van der Waals surface area contributed by atoms with E-state index in [0.29, 0.717) is 6.42 Å². The van der Waals surface area contributed by atoms with Crippen LogP contribution in [0.3, 0.4) is 0 Å². The maximum atomic E-state index is 11.7. The summed E-state index contributed by atoms with van der Waals surface area (Å²) in [7, 11) is 0. The van der Waals surface area contributed by atoms with Crippen LogP contribution in [0.4, 0.5) is 0 Å². The monoisotopic (exact) mass is 246 g/mol. The molecular formula is C15H22N2O. The Morgan fingerprint density at radius 2 is 2.00 bits per heavy atom. The zero-order valence-corrected chi connectivity index (χ0v) is 10.8. The fourth-order valence-corrected chi connectivity index (χ4v) is 2.35. The minimum atomic E-state index is -0.205. The maximum absolute atomic E-state index is 11.7. The Morgan fingerprint density at radius 1 is 1.28 bits per heavy atom. The van der Waals surface area contributed by atoms with Crippen molar-refractivity contribution < 1.29 is 4.79 Å². The third-order valence-corrected chi connectivity index (χ3v) is 3.67. The Morgan fingerprint density at radius 3 is 2.61 bits per heavy atom. The van der Waals surface area contributed by atoms with Gasteiger partial charge in [-0.05, 0) is 37.7 Å². The van der Waals surface area contributed by atoms with Crippen LogP contribution >= 0.6 is 0 Å². The molecule has 0 atom stereocenters. The average Bonchev–Trinajstić information content (AvgIpc) is 2.34. The Kier molecular flexibility index (Phi) is 4.37. The highest BCUT2D eigenvalue weighted by atomic mass is 16.1.